The van der Waals surface area contributed by atoms with Crippen molar-refractivity contribution < 1.29 is 34.4 Å². The van der Waals surface area contributed by atoms with E-state index in [9.17, 15) is 15.0 Å². The number of hydrogen-bond acceptors (Lipinski definition) is 7. The third-order valence-electron chi connectivity index (χ3n) is 28.5. The van der Waals surface area contributed by atoms with Crippen molar-refractivity contribution in [1.29, 1.82) is 0 Å². The van der Waals surface area contributed by atoms with Gasteiger partial charge in [0.05, 0.1) is 34.1 Å². The zero-order valence-electron chi connectivity index (χ0n) is 54.4. The van der Waals surface area contributed by atoms with E-state index in [0.29, 0.717) is 62.2 Å². The number of aliphatic hydroxyl groups is 3. The highest BCUT2D eigenvalue weighted by Gasteiger charge is 2.79. The van der Waals surface area contributed by atoms with Gasteiger partial charge in [-0.3, -0.25) is 4.79 Å². The maximum atomic E-state index is 16.6. The van der Waals surface area contributed by atoms with E-state index in [1.165, 1.54) is 72.4 Å². The van der Waals surface area contributed by atoms with Gasteiger partial charge in [-0.25, -0.2) is 4.79 Å². The Hall–Kier alpha value is -5.78. The van der Waals surface area contributed by atoms with E-state index in [1.807, 2.05) is 0 Å². The van der Waals surface area contributed by atoms with Crippen molar-refractivity contribution in [3.63, 3.8) is 0 Å². The number of fused-ring (bicyclic) bond motifs is 5. The number of aryl methyl sites for hydroxylation is 1. The first-order valence-electron chi connectivity index (χ1n) is 36.2. The summed E-state index contributed by atoms with van der Waals surface area (Å²) >= 11 is 0. The fourth-order valence-electron chi connectivity index (χ4n) is 24.6. The van der Waals surface area contributed by atoms with Crippen LogP contribution in [-0.4, -0.2) is 57.8 Å². The summed E-state index contributed by atoms with van der Waals surface area (Å²) in [5.74, 6) is 8.06. The molecule has 5 aromatic carbocycles. The summed E-state index contributed by atoms with van der Waals surface area (Å²) in [6.07, 6.45) is 23.7. The van der Waals surface area contributed by atoms with Gasteiger partial charge in [0.1, 0.15) is 12.7 Å². The first-order valence-corrected chi connectivity index (χ1v) is 36.2. The van der Waals surface area contributed by atoms with E-state index in [1.54, 1.807) is 22.8 Å². The summed E-state index contributed by atoms with van der Waals surface area (Å²) in [6.45, 7) is 7.03. The van der Waals surface area contributed by atoms with Crippen molar-refractivity contribution in [2.75, 3.05) is 6.61 Å². The molecule has 16 rings (SSSR count). The lowest BCUT2D eigenvalue weighted by atomic mass is 9.34. The van der Waals surface area contributed by atoms with E-state index in [0.717, 1.165) is 63.4 Å². The number of hydrogen-bond donors (Lipinski definition) is 3. The minimum atomic E-state index is -1.82. The number of carbonyl (C=O) groups excluding carboxylic acids is 2. The minimum absolute atomic E-state index is 0.0790. The average Bonchev–Trinajstić information content (AvgIpc) is 1.50. The number of benzene rings is 5. The highest BCUT2D eigenvalue weighted by molar-refractivity contribution is 5.93. The largest absolute Gasteiger partial charge is 0.462 e. The van der Waals surface area contributed by atoms with Crippen LogP contribution in [0.25, 0.3) is 10.8 Å². The summed E-state index contributed by atoms with van der Waals surface area (Å²) in [7, 11) is 0. The fraction of sp³-hybridized carbons (Fsp3) is 0.571. The topological polar surface area (TPSA) is 113 Å². The number of esters is 2. The molecule has 6 fully saturated rings. The third-order valence-corrected chi connectivity index (χ3v) is 28.5. The Morgan fingerprint density at radius 3 is 2.29 bits per heavy atom. The molecule has 0 aromatic heterocycles. The van der Waals surface area contributed by atoms with Crippen LogP contribution in [0.1, 0.15) is 213 Å². The van der Waals surface area contributed by atoms with Crippen molar-refractivity contribution in [2.45, 2.75) is 222 Å². The maximum absolute atomic E-state index is 16.6. The van der Waals surface area contributed by atoms with Crippen molar-refractivity contribution in [3.8, 4) is 11.8 Å². The minimum Gasteiger partial charge on any atom is -0.462 e. The number of rotatable bonds is 13. The quantitative estimate of drug-likeness (QED) is 0.0611. The summed E-state index contributed by atoms with van der Waals surface area (Å²) in [4.78, 5) is 29.5. The smallest absolute Gasteiger partial charge is 0.331 e. The molecule has 8 aliphatic carbocycles. The highest BCUT2D eigenvalue weighted by atomic mass is 16.5. The first kappa shape index (κ1) is 60.2. The molecule has 20 unspecified atom stereocenters. The lowest BCUT2D eigenvalue weighted by Crippen LogP contribution is -2.80. The first-order chi connectivity index (χ1) is 44.1. The van der Waals surface area contributed by atoms with Gasteiger partial charge < -0.3 is 24.8 Å². The molecule has 0 saturated heterocycles. The van der Waals surface area contributed by atoms with Crippen LogP contribution < -0.4 is 0 Å². The zero-order chi connectivity index (χ0) is 62.1. The Morgan fingerprint density at radius 2 is 1.49 bits per heavy atom. The second kappa shape index (κ2) is 22.7. The molecule has 7 heteroatoms. The van der Waals surface area contributed by atoms with E-state index in [2.05, 4.69) is 166 Å². The van der Waals surface area contributed by atoms with Crippen LogP contribution in [0.5, 0.6) is 0 Å². The summed E-state index contributed by atoms with van der Waals surface area (Å²) in [5, 5.41) is 47.1. The molecule has 91 heavy (non-hydrogen) atoms. The van der Waals surface area contributed by atoms with Gasteiger partial charge >= 0.3 is 11.9 Å². The SMILES string of the molecule is CC(CCCc1ccccc1)CC1C=CC2CCC(Cc3ccccc3)CC23CC#CC2(C)CC(OC3=O)C3C(C)(C4CCC56CCC7CC8(c9ccccc9)CCCCC8c8ccc9cccc(c9c8C75)C6C4)CCC(O)C3(C1O)C2(O)CCC1=CC(=O)OC1. The predicted molar refractivity (Wildman–Crippen MR) is 359 cm³/mol. The Bertz CT molecular complexity index is 3730. The fourth-order valence-corrected chi connectivity index (χ4v) is 24.6. The molecule has 5 aromatic rings. The number of carbonyl (C=O) groups is 2. The third kappa shape index (κ3) is 9.17. The second-order valence-corrected chi connectivity index (χ2v) is 32.6. The molecule has 4 bridgehead atoms. The van der Waals surface area contributed by atoms with E-state index in [-0.39, 0.29) is 65.9 Å². The van der Waals surface area contributed by atoms with E-state index < -0.39 is 57.4 Å². The number of allylic oxidation sites excluding steroid dienone is 1. The lowest BCUT2D eigenvalue weighted by Gasteiger charge is -2.72. The molecule has 6 saturated carbocycles. The summed E-state index contributed by atoms with van der Waals surface area (Å²) in [6, 6.07) is 45.5. The average molecular weight is 1220 g/mol. The summed E-state index contributed by atoms with van der Waals surface area (Å²) < 4.78 is 13.3. The molecule has 0 amide bonds. The van der Waals surface area contributed by atoms with Crippen LogP contribution in [-0.2, 0) is 37.3 Å². The Labute approximate surface area is 541 Å². The predicted octanol–water partition coefficient (Wildman–Crippen LogP) is 16.9. The van der Waals surface area contributed by atoms with Gasteiger partial charge in [-0.1, -0.05) is 173 Å². The van der Waals surface area contributed by atoms with Gasteiger partial charge in [0.15, 0.2) is 0 Å². The molecular formula is C84H98O7. The van der Waals surface area contributed by atoms with Gasteiger partial charge in [0, 0.05) is 36.2 Å². The second-order valence-electron chi connectivity index (χ2n) is 32.6. The Morgan fingerprint density at radius 1 is 0.714 bits per heavy atom. The van der Waals surface area contributed by atoms with Crippen LogP contribution in [0.3, 0.4) is 0 Å². The standard InChI is InChI=1S/C84H98O7/c1-54(18-15-23-55-19-7-4-8-20-55)46-60-30-33-63-32-29-57(47-56-21-9-5-10-22-56)50-82(63)41-17-39-78(2)52-69(91-77(82)88)75-79(3,42-38-70(85)84(75,76(60)87)83(78,89)45-35-58-48-71(86)90-53-58)64-37-44-80-43-36-61-51-81(62-25-11-6-12-26-62)40-14-13-28-67(81)66-34-31-59-24-16-27-65(68(80)49-64)72(59)73(66)74(61)80/h4-12,16,19-22,24-27,30-31,33-34,48,54,57,60-61,63-64,67-70,74-76,85,87,89H,13-15,18,23,28-29,32,35-38,40-47,49-53H2,1-3H3. The van der Waals surface area contributed by atoms with Crippen molar-refractivity contribution in [3.05, 3.63) is 179 Å². The van der Waals surface area contributed by atoms with Crippen LogP contribution in [0.2, 0.25) is 0 Å². The van der Waals surface area contributed by atoms with Crippen LogP contribution in [0.4, 0.5) is 0 Å². The van der Waals surface area contributed by atoms with E-state index in [4.69, 9.17) is 9.47 Å². The lowest BCUT2D eigenvalue weighted by molar-refractivity contribution is -0.343. The molecule has 476 valence electrons. The molecule has 3 heterocycles. The van der Waals surface area contributed by atoms with Crippen molar-refractivity contribution in [1.82, 2.24) is 0 Å². The zero-order valence-corrected chi connectivity index (χ0v) is 54.4. The monoisotopic (exact) mass is 1220 g/mol. The number of aliphatic hydroxyl groups excluding tert-OH is 2. The molecule has 7 nitrogen and oxygen atoms in total. The highest BCUT2D eigenvalue weighted by Crippen LogP contribution is 2.78. The molecule has 20 atom stereocenters. The van der Waals surface area contributed by atoms with Crippen LogP contribution in [0, 0.1) is 80.3 Å². The molecular weight excluding hydrogens is 1120 g/mol. The van der Waals surface area contributed by atoms with Gasteiger partial charge in [-0.15, -0.1) is 5.92 Å². The van der Waals surface area contributed by atoms with E-state index >= 15 is 9.90 Å². The van der Waals surface area contributed by atoms with Gasteiger partial charge in [-0.05, 0) is 237 Å². The maximum Gasteiger partial charge on any atom is 0.331 e. The Kier molecular flexibility index (Phi) is 15.0. The van der Waals surface area contributed by atoms with Crippen molar-refractivity contribution in [2.24, 2.45) is 68.5 Å². The molecule has 0 radical (unpaired) electrons. The van der Waals surface area contributed by atoms with Gasteiger partial charge in [0.2, 0.25) is 0 Å². The van der Waals surface area contributed by atoms with Crippen LogP contribution in [0.15, 0.2) is 145 Å². The van der Waals surface area contributed by atoms with Gasteiger partial charge in [-0.2, -0.15) is 0 Å². The van der Waals surface area contributed by atoms with Gasteiger partial charge in [0.25, 0.3) is 0 Å². The molecule has 2 spiro atoms. The normalized spacial score (nSPS) is 41.1. The summed E-state index contributed by atoms with van der Waals surface area (Å²) in [5.41, 5.74) is 3.72. The molecule has 11 aliphatic rings. The molecule has 3 aliphatic heterocycles. The molecule has 3 N–H and O–H groups in total. The van der Waals surface area contributed by atoms with Crippen LogP contribution >= 0.6 is 0 Å². The number of cyclic esters (lactones) is 1. The Balaban J connectivity index is 0.854. The number of ether oxygens (including phenoxy) is 2. The van der Waals surface area contributed by atoms with Crippen molar-refractivity contribution >= 4 is 22.7 Å².